The van der Waals surface area contributed by atoms with Gasteiger partial charge in [-0.3, -0.25) is 4.98 Å². The first-order chi connectivity index (χ1) is 16.9. The van der Waals surface area contributed by atoms with Crippen molar-refractivity contribution in [3.05, 3.63) is 112 Å². The zero-order valence-electron chi connectivity index (χ0n) is 19.1. The third-order valence-corrected chi connectivity index (χ3v) is 7.21. The van der Waals surface area contributed by atoms with Gasteiger partial charge in [0.1, 0.15) is 0 Å². The Hall–Kier alpha value is -3.49. The topological polar surface area (TPSA) is 70.4 Å². The van der Waals surface area contributed by atoms with E-state index in [4.69, 9.17) is 12.2 Å². The summed E-state index contributed by atoms with van der Waals surface area (Å²) in [5.41, 5.74) is 5.69. The van der Waals surface area contributed by atoms with Gasteiger partial charge in [-0.15, -0.1) is 0 Å². The van der Waals surface area contributed by atoms with Crippen molar-refractivity contribution in [2.24, 2.45) is 0 Å². The number of benzene rings is 2. The Morgan fingerprint density at radius 1 is 1.06 bits per heavy atom. The molecule has 3 heterocycles. The zero-order chi connectivity index (χ0) is 24.7. The number of aromatic carboxylic acids is 1. The Balaban J connectivity index is 1.70. The van der Waals surface area contributed by atoms with Crippen LogP contribution < -0.4 is 10.2 Å². The molecule has 35 heavy (non-hydrogen) atoms. The summed E-state index contributed by atoms with van der Waals surface area (Å²) in [7, 11) is 0. The molecule has 1 fully saturated rings. The van der Waals surface area contributed by atoms with Gasteiger partial charge in [-0.1, -0.05) is 34.1 Å². The summed E-state index contributed by atoms with van der Waals surface area (Å²) in [4.78, 5) is 18.7. The van der Waals surface area contributed by atoms with Crippen LogP contribution in [0.2, 0.25) is 0 Å². The number of pyridine rings is 1. The SMILES string of the molecule is Cc1cc([C@H]2[C@H](c3ccccn3)NC(=S)N2c2ccc(Br)cc2)c(C)n1-c1ccccc1C(=O)O. The first-order valence-electron chi connectivity index (χ1n) is 11.1. The Morgan fingerprint density at radius 3 is 2.46 bits per heavy atom. The van der Waals surface area contributed by atoms with Crippen LogP contribution in [-0.4, -0.2) is 25.7 Å². The molecule has 0 bridgehead atoms. The van der Waals surface area contributed by atoms with Gasteiger partial charge in [0.15, 0.2) is 5.11 Å². The van der Waals surface area contributed by atoms with E-state index in [9.17, 15) is 9.90 Å². The summed E-state index contributed by atoms with van der Waals surface area (Å²) in [6.45, 7) is 4.02. The van der Waals surface area contributed by atoms with Gasteiger partial charge in [0, 0.05) is 27.7 Å². The number of aromatic nitrogens is 2. The van der Waals surface area contributed by atoms with Crippen molar-refractivity contribution in [1.29, 1.82) is 0 Å². The summed E-state index contributed by atoms with van der Waals surface area (Å²) in [5, 5.41) is 13.9. The molecule has 0 amide bonds. The summed E-state index contributed by atoms with van der Waals surface area (Å²) in [5.74, 6) is -0.957. The number of carbonyl (C=O) groups is 1. The van der Waals surface area contributed by atoms with Crippen molar-refractivity contribution in [2.45, 2.75) is 25.9 Å². The molecule has 0 aliphatic carbocycles. The maximum Gasteiger partial charge on any atom is 0.337 e. The Bertz CT molecular complexity index is 1420. The van der Waals surface area contributed by atoms with Crippen LogP contribution in [0.15, 0.2) is 83.5 Å². The van der Waals surface area contributed by atoms with E-state index in [1.54, 1.807) is 18.3 Å². The molecule has 1 saturated heterocycles. The number of thiocarbonyl (C=S) groups is 1. The number of anilines is 1. The second-order valence-corrected chi connectivity index (χ2v) is 9.76. The van der Waals surface area contributed by atoms with E-state index in [0.29, 0.717) is 10.8 Å². The molecular formula is C27H23BrN4O2S. The monoisotopic (exact) mass is 546 g/mol. The van der Waals surface area contributed by atoms with Gasteiger partial charge >= 0.3 is 5.97 Å². The van der Waals surface area contributed by atoms with Crippen molar-refractivity contribution < 1.29 is 9.90 Å². The highest BCUT2D eigenvalue weighted by molar-refractivity contribution is 9.10. The van der Waals surface area contributed by atoms with Gasteiger partial charge in [0.25, 0.3) is 0 Å². The highest BCUT2D eigenvalue weighted by Gasteiger charge is 2.42. The fraction of sp³-hybridized carbons (Fsp3) is 0.148. The second-order valence-electron chi connectivity index (χ2n) is 8.46. The third kappa shape index (κ3) is 4.13. The lowest BCUT2D eigenvalue weighted by Crippen LogP contribution is -2.29. The number of nitrogens with zero attached hydrogens (tertiary/aromatic N) is 3. The molecule has 4 aromatic rings. The molecule has 6 nitrogen and oxygen atoms in total. The van der Waals surface area contributed by atoms with Gasteiger partial charge < -0.3 is 19.9 Å². The van der Waals surface area contributed by atoms with Crippen LogP contribution in [-0.2, 0) is 0 Å². The predicted molar refractivity (Wildman–Crippen MR) is 144 cm³/mol. The van der Waals surface area contributed by atoms with Crippen molar-refractivity contribution in [3.63, 3.8) is 0 Å². The predicted octanol–water partition coefficient (Wildman–Crippen LogP) is 6.13. The number of aryl methyl sites for hydroxylation is 1. The summed E-state index contributed by atoms with van der Waals surface area (Å²) < 4.78 is 3.00. The number of carboxylic acid groups (broad SMARTS) is 1. The van der Waals surface area contributed by atoms with Crippen molar-refractivity contribution in [2.75, 3.05) is 4.90 Å². The molecule has 2 atom stereocenters. The van der Waals surface area contributed by atoms with E-state index >= 15 is 0 Å². The molecule has 0 spiro atoms. The summed E-state index contributed by atoms with van der Waals surface area (Å²) >= 11 is 9.35. The molecule has 2 N–H and O–H groups in total. The second kappa shape index (κ2) is 9.28. The van der Waals surface area contributed by atoms with Crippen LogP contribution in [0, 0.1) is 13.8 Å². The average Bonchev–Trinajstić information content (AvgIpc) is 3.35. The molecule has 2 aromatic heterocycles. The molecule has 5 rings (SSSR count). The molecular weight excluding hydrogens is 524 g/mol. The van der Waals surface area contributed by atoms with Gasteiger partial charge in [-0.25, -0.2) is 4.79 Å². The lowest BCUT2D eigenvalue weighted by molar-refractivity contribution is 0.0697. The highest BCUT2D eigenvalue weighted by Crippen LogP contribution is 2.44. The number of hydrogen-bond acceptors (Lipinski definition) is 3. The minimum atomic E-state index is -0.957. The van der Waals surface area contributed by atoms with Crippen molar-refractivity contribution >= 4 is 44.9 Å². The van der Waals surface area contributed by atoms with Crippen LogP contribution in [0.1, 0.15) is 45.1 Å². The molecule has 0 unspecified atom stereocenters. The summed E-state index contributed by atoms with van der Waals surface area (Å²) in [6, 6.07) is 22.7. The highest BCUT2D eigenvalue weighted by atomic mass is 79.9. The quantitative estimate of drug-likeness (QED) is 0.293. The lowest BCUT2D eigenvalue weighted by Gasteiger charge is -2.28. The van der Waals surface area contributed by atoms with Gasteiger partial charge in [0.2, 0.25) is 0 Å². The number of carboxylic acids is 1. The largest absolute Gasteiger partial charge is 0.478 e. The fourth-order valence-electron chi connectivity index (χ4n) is 4.86. The maximum absolute atomic E-state index is 12.0. The first-order valence-corrected chi connectivity index (χ1v) is 12.3. The number of halogens is 1. The Morgan fingerprint density at radius 2 is 1.77 bits per heavy atom. The Kier molecular flexibility index (Phi) is 6.17. The van der Waals surface area contributed by atoms with E-state index in [2.05, 4.69) is 37.2 Å². The molecule has 1 aliphatic rings. The van der Waals surface area contributed by atoms with Crippen LogP contribution >= 0.6 is 28.1 Å². The molecule has 0 saturated carbocycles. The Labute approximate surface area is 217 Å². The van der Waals surface area contributed by atoms with Crippen LogP contribution in [0.4, 0.5) is 5.69 Å². The number of hydrogen-bond donors (Lipinski definition) is 2. The smallest absolute Gasteiger partial charge is 0.337 e. The molecule has 2 aromatic carbocycles. The van der Waals surface area contributed by atoms with Crippen LogP contribution in [0.25, 0.3) is 5.69 Å². The van der Waals surface area contributed by atoms with Gasteiger partial charge in [-0.05, 0) is 86.2 Å². The van der Waals surface area contributed by atoms with E-state index in [1.807, 2.05) is 73.0 Å². The van der Waals surface area contributed by atoms with E-state index in [0.717, 1.165) is 32.8 Å². The van der Waals surface area contributed by atoms with Gasteiger partial charge in [0.05, 0.1) is 29.0 Å². The maximum atomic E-state index is 12.0. The van der Waals surface area contributed by atoms with E-state index in [1.165, 1.54) is 0 Å². The van der Waals surface area contributed by atoms with Crippen molar-refractivity contribution in [3.8, 4) is 5.69 Å². The van der Waals surface area contributed by atoms with Crippen molar-refractivity contribution in [1.82, 2.24) is 14.9 Å². The lowest BCUT2D eigenvalue weighted by atomic mass is 9.96. The molecule has 0 radical (unpaired) electrons. The molecule has 1 aliphatic heterocycles. The molecule has 8 heteroatoms. The van der Waals surface area contributed by atoms with Crippen LogP contribution in [0.5, 0.6) is 0 Å². The molecule has 176 valence electrons. The number of nitrogens with one attached hydrogen (secondary N) is 1. The minimum absolute atomic E-state index is 0.184. The van der Waals surface area contributed by atoms with E-state index in [-0.39, 0.29) is 17.6 Å². The summed E-state index contributed by atoms with van der Waals surface area (Å²) in [6.07, 6.45) is 1.78. The zero-order valence-corrected chi connectivity index (χ0v) is 21.5. The van der Waals surface area contributed by atoms with Crippen LogP contribution in [0.3, 0.4) is 0 Å². The average molecular weight is 547 g/mol. The minimum Gasteiger partial charge on any atom is -0.478 e. The number of rotatable bonds is 5. The fourth-order valence-corrected chi connectivity index (χ4v) is 5.47. The van der Waals surface area contributed by atoms with E-state index < -0.39 is 5.97 Å². The number of para-hydroxylation sites is 1. The standard InChI is InChI=1S/C27H23BrN4O2S/c1-16-15-21(17(2)31(16)23-9-4-3-7-20(23)26(33)34)25-24(22-8-5-6-14-29-22)30-27(35)32(25)19-12-10-18(28)11-13-19/h3-15,24-25H,1-2H3,(H,30,35)(H,33,34)/t24-,25-/m0/s1. The van der Waals surface area contributed by atoms with Gasteiger partial charge in [-0.2, -0.15) is 0 Å². The first kappa shape index (κ1) is 23.3. The normalized spacial score (nSPS) is 17.5. The third-order valence-electron chi connectivity index (χ3n) is 6.37.